The monoisotopic (exact) mass is 270 g/mol. The number of amides is 1. The summed E-state index contributed by atoms with van der Waals surface area (Å²) in [6.45, 7) is 12.5. The molecule has 19 heavy (non-hydrogen) atoms. The van der Waals surface area contributed by atoms with Crippen molar-refractivity contribution >= 4 is 5.91 Å². The highest BCUT2D eigenvalue weighted by atomic mass is 16.5. The number of carbonyl (C=O) groups excluding carboxylic acids is 1. The zero-order chi connectivity index (χ0) is 14.3. The highest BCUT2D eigenvalue weighted by molar-refractivity contribution is 5.82. The van der Waals surface area contributed by atoms with E-state index in [-0.39, 0.29) is 11.9 Å². The Hall–Kier alpha value is -0.610. The van der Waals surface area contributed by atoms with Crippen LogP contribution in [0.15, 0.2) is 0 Å². The molecular formula is C15H30N2O2. The fraction of sp³-hybridized carbons (Fsp3) is 0.933. The van der Waals surface area contributed by atoms with Crippen LogP contribution in [0, 0.1) is 11.8 Å². The molecule has 1 aliphatic rings. The summed E-state index contributed by atoms with van der Waals surface area (Å²) in [7, 11) is 0. The highest BCUT2D eigenvalue weighted by Gasteiger charge is 2.26. The van der Waals surface area contributed by atoms with Crippen molar-refractivity contribution in [2.75, 3.05) is 32.8 Å². The van der Waals surface area contributed by atoms with E-state index >= 15 is 0 Å². The lowest BCUT2D eigenvalue weighted by Crippen LogP contribution is -2.53. The molecule has 1 unspecified atom stereocenters. The molecule has 1 saturated heterocycles. The van der Waals surface area contributed by atoms with Gasteiger partial charge in [0.05, 0.1) is 13.2 Å². The molecule has 0 saturated carbocycles. The van der Waals surface area contributed by atoms with Crippen molar-refractivity contribution in [2.24, 2.45) is 11.8 Å². The second-order valence-electron chi connectivity index (χ2n) is 6.27. The lowest BCUT2D eigenvalue weighted by atomic mass is 10.1. The Morgan fingerprint density at radius 1 is 1.21 bits per heavy atom. The third-order valence-electron chi connectivity index (χ3n) is 3.48. The minimum atomic E-state index is -0.145. The van der Waals surface area contributed by atoms with E-state index in [1.165, 1.54) is 0 Å². The average Bonchev–Trinajstić information content (AvgIpc) is 2.38. The highest BCUT2D eigenvalue weighted by Crippen LogP contribution is 2.09. The predicted molar refractivity (Wildman–Crippen MR) is 78.1 cm³/mol. The molecule has 4 nitrogen and oxygen atoms in total. The first-order chi connectivity index (χ1) is 9.00. The maximum atomic E-state index is 12.5. The molecule has 0 aromatic rings. The molecule has 1 rings (SSSR count). The van der Waals surface area contributed by atoms with Gasteiger partial charge < -0.3 is 15.0 Å². The number of ether oxygens (including phenoxy) is 1. The normalized spacial score (nSPS) is 20.0. The minimum absolute atomic E-state index is 0.145. The summed E-state index contributed by atoms with van der Waals surface area (Å²) in [4.78, 5) is 14.5. The number of carbonyl (C=O) groups is 1. The van der Waals surface area contributed by atoms with Crippen LogP contribution in [-0.4, -0.2) is 49.7 Å². The maximum absolute atomic E-state index is 12.5. The van der Waals surface area contributed by atoms with Gasteiger partial charge in [0, 0.05) is 19.6 Å². The van der Waals surface area contributed by atoms with Gasteiger partial charge in [0.2, 0.25) is 5.91 Å². The van der Waals surface area contributed by atoms with Crippen LogP contribution >= 0.6 is 0 Å². The topological polar surface area (TPSA) is 41.6 Å². The molecule has 112 valence electrons. The van der Waals surface area contributed by atoms with Crippen LogP contribution in [0.3, 0.4) is 0 Å². The standard InChI is InChI=1S/C15H30N2O2/c1-12(2)5-8-17(9-6-13(3)4)15(18)14-11-19-10-7-16-14/h12-14,16H,5-11H2,1-4H3. The van der Waals surface area contributed by atoms with Crippen LogP contribution in [0.5, 0.6) is 0 Å². The van der Waals surface area contributed by atoms with Crippen LogP contribution in [0.4, 0.5) is 0 Å². The SMILES string of the molecule is CC(C)CCN(CCC(C)C)C(=O)C1COCCN1. The van der Waals surface area contributed by atoms with Crippen molar-refractivity contribution < 1.29 is 9.53 Å². The summed E-state index contributed by atoms with van der Waals surface area (Å²) in [5.74, 6) is 1.47. The first-order valence-electron chi connectivity index (χ1n) is 7.60. The van der Waals surface area contributed by atoms with Crippen molar-refractivity contribution in [3.8, 4) is 0 Å². The summed E-state index contributed by atoms with van der Waals surface area (Å²) < 4.78 is 5.39. The fourth-order valence-corrected chi connectivity index (χ4v) is 2.10. The average molecular weight is 270 g/mol. The van der Waals surface area contributed by atoms with Gasteiger partial charge in [-0.2, -0.15) is 0 Å². The van der Waals surface area contributed by atoms with Crippen molar-refractivity contribution in [2.45, 2.75) is 46.6 Å². The van der Waals surface area contributed by atoms with Crippen LogP contribution in [0.1, 0.15) is 40.5 Å². The Bertz CT molecular complexity index is 249. The largest absolute Gasteiger partial charge is 0.378 e. The number of nitrogens with zero attached hydrogens (tertiary/aromatic N) is 1. The first-order valence-corrected chi connectivity index (χ1v) is 7.60. The van der Waals surface area contributed by atoms with E-state index in [9.17, 15) is 4.79 Å². The molecule has 1 aliphatic heterocycles. The van der Waals surface area contributed by atoms with Crippen LogP contribution < -0.4 is 5.32 Å². The van der Waals surface area contributed by atoms with E-state index in [1.54, 1.807) is 0 Å². The Balaban J connectivity index is 2.51. The molecular weight excluding hydrogens is 240 g/mol. The van der Waals surface area contributed by atoms with E-state index in [0.717, 1.165) is 32.5 Å². The molecule has 0 spiro atoms. The second-order valence-corrected chi connectivity index (χ2v) is 6.27. The Morgan fingerprint density at radius 3 is 2.21 bits per heavy atom. The van der Waals surface area contributed by atoms with Gasteiger partial charge in [0.15, 0.2) is 0 Å². The summed E-state index contributed by atoms with van der Waals surface area (Å²) in [5.41, 5.74) is 0. The van der Waals surface area contributed by atoms with E-state index < -0.39 is 0 Å². The third kappa shape index (κ3) is 6.39. The summed E-state index contributed by atoms with van der Waals surface area (Å²) >= 11 is 0. The first kappa shape index (κ1) is 16.4. The van der Waals surface area contributed by atoms with Crippen LogP contribution in [0.25, 0.3) is 0 Å². The van der Waals surface area contributed by atoms with Crippen molar-refractivity contribution in [1.82, 2.24) is 10.2 Å². The minimum Gasteiger partial charge on any atom is -0.378 e. The molecule has 0 radical (unpaired) electrons. The Labute approximate surface area is 117 Å². The van der Waals surface area contributed by atoms with E-state index in [4.69, 9.17) is 4.74 Å². The van der Waals surface area contributed by atoms with E-state index in [2.05, 4.69) is 33.0 Å². The Morgan fingerprint density at radius 2 is 1.79 bits per heavy atom. The molecule has 0 aromatic heterocycles. The molecule has 1 atom stereocenters. The summed E-state index contributed by atoms with van der Waals surface area (Å²) in [6.07, 6.45) is 2.13. The lowest BCUT2D eigenvalue weighted by Gasteiger charge is -2.31. The molecule has 1 amide bonds. The molecule has 0 aliphatic carbocycles. The number of hydrogen-bond donors (Lipinski definition) is 1. The van der Waals surface area contributed by atoms with Gasteiger partial charge in [-0.3, -0.25) is 4.79 Å². The maximum Gasteiger partial charge on any atom is 0.242 e. The quantitative estimate of drug-likeness (QED) is 0.768. The smallest absolute Gasteiger partial charge is 0.242 e. The molecule has 1 heterocycles. The molecule has 0 bridgehead atoms. The number of nitrogens with one attached hydrogen (secondary N) is 1. The van der Waals surface area contributed by atoms with E-state index in [1.807, 2.05) is 4.90 Å². The fourth-order valence-electron chi connectivity index (χ4n) is 2.10. The van der Waals surface area contributed by atoms with Gasteiger partial charge in [0.25, 0.3) is 0 Å². The Kier molecular flexibility index (Phi) is 7.39. The van der Waals surface area contributed by atoms with Gasteiger partial charge >= 0.3 is 0 Å². The van der Waals surface area contributed by atoms with Gasteiger partial charge in [0.1, 0.15) is 6.04 Å². The van der Waals surface area contributed by atoms with Crippen molar-refractivity contribution in [3.05, 3.63) is 0 Å². The predicted octanol–water partition coefficient (Wildman–Crippen LogP) is 1.90. The zero-order valence-corrected chi connectivity index (χ0v) is 12.9. The van der Waals surface area contributed by atoms with Crippen LogP contribution in [-0.2, 0) is 9.53 Å². The molecule has 1 fully saturated rings. The summed E-state index contributed by atoms with van der Waals surface area (Å²) in [5, 5.41) is 3.26. The number of rotatable bonds is 7. The van der Waals surface area contributed by atoms with Gasteiger partial charge in [-0.15, -0.1) is 0 Å². The van der Waals surface area contributed by atoms with Crippen molar-refractivity contribution in [3.63, 3.8) is 0 Å². The van der Waals surface area contributed by atoms with Gasteiger partial charge in [-0.25, -0.2) is 0 Å². The molecule has 0 aromatic carbocycles. The zero-order valence-electron chi connectivity index (χ0n) is 12.9. The number of hydrogen-bond acceptors (Lipinski definition) is 3. The lowest BCUT2D eigenvalue weighted by molar-refractivity contribution is -0.136. The number of morpholine rings is 1. The molecule has 1 N–H and O–H groups in total. The van der Waals surface area contributed by atoms with Gasteiger partial charge in [-0.05, 0) is 24.7 Å². The third-order valence-corrected chi connectivity index (χ3v) is 3.48. The molecule has 4 heteroatoms. The van der Waals surface area contributed by atoms with Crippen LogP contribution in [0.2, 0.25) is 0 Å². The van der Waals surface area contributed by atoms with Crippen molar-refractivity contribution in [1.29, 1.82) is 0 Å². The summed E-state index contributed by atoms with van der Waals surface area (Å²) in [6, 6.07) is -0.145. The second kappa shape index (κ2) is 8.54. The van der Waals surface area contributed by atoms with Gasteiger partial charge in [-0.1, -0.05) is 27.7 Å². The van der Waals surface area contributed by atoms with E-state index in [0.29, 0.717) is 25.0 Å².